The van der Waals surface area contributed by atoms with Gasteiger partial charge in [-0.15, -0.1) is 0 Å². The highest BCUT2D eigenvalue weighted by Gasteiger charge is 2.14. The summed E-state index contributed by atoms with van der Waals surface area (Å²) in [4.78, 5) is 25.5. The lowest BCUT2D eigenvalue weighted by Crippen LogP contribution is -2.20. The van der Waals surface area contributed by atoms with E-state index in [1.54, 1.807) is 0 Å². The molecule has 0 heterocycles. The average Bonchev–Trinajstić information content (AvgIpc) is 2.93. The highest BCUT2D eigenvalue weighted by molar-refractivity contribution is 5.69. The minimum absolute atomic E-state index is 0.000621. The topological polar surface area (TPSA) is 55.8 Å². The summed E-state index contributed by atoms with van der Waals surface area (Å²) in [6.07, 6.45) is 33.9. The summed E-state index contributed by atoms with van der Waals surface area (Å²) in [7, 11) is 5.56. The molecule has 1 unspecified atom stereocenters. The van der Waals surface area contributed by atoms with Gasteiger partial charge in [0.25, 0.3) is 0 Å². The Morgan fingerprint density at radius 2 is 1.05 bits per heavy atom. The van der Waals surface area contributed by atoms with Crippen molar-refractivity contribution in [2.24, 2.45) is 0 Å². The van der Waals surface area contributed by atoms with E-state index in [4.69, 9.17) is 4.74 Å². The quantitative estimate of drug-likeness (QED) is 0.0493. The van der Waals surface area contributed by atoms with Crippen LogP contribution in [-0.4, -0.2) is 50.7 Å². The van der Waals surface area contributed by atoms with Crippen LogP contribution in [0.3, 0.4) is 0 Å². The monoisotopic (exact) mass is 566 g/mol. The molecule has 5 nitrogen and oxygen atoms in total. The first-order valence-corrected chi connectivity index (χ1v) is 17.1. The number of unbranched alkanes of at least 4 members (excludes halogenated alkanes) is 17. The maximum Gasteiger partial charge on any atom is 0.306 e. The summed E-state index contributed by atoms with van der Waals surface area (Å²) in [5, 5.41) is 0. The van der Waals surface area contributed by atoms with Gasteiger partial charge in [0, 0.05) is 12.8 Å². The third-order valence-corrected chi connectivity index (χ3v) is 7.71. The van der Waals surface area contributed by atoms with E-state index in [0.29, 0.717) is 12.8 Å². The molecule has 1 atom stereocenters. The molecule has 0 aromatic carbocycles. The number of ether oxygens (including phenoxy) is 2. The number of nitrogens with zero attached hydrogens (tertiary/aromatic N) is 1. The Morgan fingerprint density at radius 1 is 0.600 bits per heavy atom. The first-order chi connectivity index (χ1) is 19.5. The van der Waals surface area contributed by atoms with Crippen molar-refractivity contribution in [3.05, 3.63) is 12.2 Å². The van der Waals surface area contributed by atoms with Crippen LogP contribution < -0.4 is 0 Å². The lowest BCUT2D eigenvalue weighted by molar-refractivity contribution is -0.150. The fourth-order valence-corrected chi connectivity index (χ4v) is 5.12. The molecule has 236 valence electrons. The molecule has 0 aliphatic carbocycles. The van der Waals surface area contributed by atoms with Crippen LogP contribution in [0.25, 0.3) is 0 Å². The van der Waals surface area contributed by atoms with Crippen molar-refractivity contribution in [3.63, 3.8) is 0 Å². The fraction of sp³-hybridized carbons (Fsp3) is 0.886. The van der Waals surface area contributed by atoms with E-state index < -0.39 is 0 Å². The van der Waals surface area contributed by atoms with Crippen LogP contribution in [0.4, 0.5) is 0 Å². The molecule has 0 aromatic heterocycles. The number of rotatable bonds is 30. The van der Waals surface area contributed by atoms with Gasteiger partial charge in [-0.2, -0.15) is 0 Å². The van der Waals surface area contributed by atoms with Crippen molar-refractivity contribution in [2.45, 2.75) is 174 Å². The van der Waals surface area contributed by atoms with Gasteiger partial charge in [-0.1, -0.05) is 103 Å². The largest absolute Gasteiger partial charge is 0.469 e. The molecule has 0 aliphatic heterocycles. The molecule has 5 heteroatoms. The molecule has 0 spiro atoms. The zero-order valence-corrected chi connectivity index (χ0v) is 27.2. The van der Waals surface area contributed by atoms with Gasteiger partial charge in [0.1, 0.15) is 6.10 Å². The van der Waals surface area contributed by atoms with Crippen molar-refractivity contribution in [3.8, 4) is 0 Å². The minimum Gasteiger partial charge on any atom is -0.469 e. The van der Waals surface area contributed by atoms with E-state index >= 15 is 0 Å². The summed E-state index contributed by atoms with van der Waals surface area (Å²) in [6.45, 7) is 3.19. The van der Waals surface area contributed by atoms with E-state index in [1.165, 1.54) is 123 Å². The number of methoxy groups -OCH3 is 1. The molecule has 0 aliphatic rings. The van der Waals surface area contributed by atoms with E-state index in [2.05, 4.69) is 28.7 Å². The van der Waals surface area contributed by atoms with E-state index in [1.807, 2.05) is 14.1 Å². The van der Waals surface area contributed by atoms with Gasteiger partial charge in [0.05, 0.1) is 7.11 Å². The van der Waals surface area contributed by atoms with E-state index in [0.717, 1.165) is 38.6 Å². The van der Waals surface area contributed by atoms with Gasteiger partial charge in [-0.3, -0.25) is 9.59 Å². The van der Waals surface area contributed by atoms with Gasteiger partial charge in [-0.05, 0) is 84.8 Å². The Hall–Kier alpha value is -1.36. The predicted molar refractivity (Wildman–Crippen MR) is 171 cm³/mol. The van der Waals surface area contributed by atoms with Crippen molar-refractivity contribution < 1.29 is 19.1 Å². The Kier molecular flexibility index (Phi) is 29.6. The molecule has 0 fully saturated rings. The minimum atomic E-state index is -0.0854. The number of carbonyl (C=O) groups excluding carboxylic acids is 2. The zero-order chi connectivity index (χ0) is 29.5. The van der Waals surface area contributed by atoms with Gasteiger partial charge in [0.2, 0.25) is 0 Å². The van der Waals surface area contributed by atoms with Crippen LogP contribution in [0.1, 0.15) is 167 Å². The second-order valence-corrected chi connectivity index (χ2v) is 12.0. The summed E-state index contributed by atoms with van der Waals surface area (Å²) in [6, 6.07) is 0. The fourth-order valence-electron chi connectivity index (χ4n) is 5.12. The van der Waals surface area contributed by atoms with Crippen LogP contribution in [0.2, 0.25) is 0 Å². The van der Waals surface area contributed by atoms with Gasteiger partial charge in [0.15, 0.2) is 0 Å². The molecule has 0 saturated carbocycles. The summed E-state index contributed by atoms with van der Waals surface area (Å²) in [5.74, 6) is -0.0860. The summed E-state index contributed by atoms with van der Waals surface area (Å²) >= 11 is 0. The first kappa shape index (κ1) is 38.6. The van der Waals surface area contributed by atoms with Crippen molar-refractivity contribution in [2.75, 3.05) is 27.7 Å². The highest BCUT2D eigenvalue weighted by Crippen LogP contribution is 2.18. The van der Waals surface area contributed by atoms with E-state index in [-0.39, 0.29) is 18.0 Å². The number of allylic oxidation sites excluding steroid dienone is 2. The van der Waals surface area contributed by atoms with E-state index in [9.17, 15) is 9.59 Å². The number of hydrogen-bond donors (Lipinski definition) is 0. The molecule has 40 heavy (non-hydrogen) atoms. The molecule has 0 radical (unpaired) electrons. The lowest BCUT2D eigenvalue weighted by Gasteiger charge is -2.18. The Morgan fingerprint density at radius 3 is 1.55 bits per heavy atom. The van der Waals surface area contributed by atoms with Crippen LogP contribution >= 0.6 is 0 Å². The maximum atomic E-state index is 12.3. The lowest BCUT2D eigenvalue weighted by atomic mass is 10.0. The zero-order valence-electron chi connectivity index (χ0n) is 27.2. The van der Waals surface area contributed by atoms with Gasteiger partial charge in [-0.25, -0.2) is 0 Å². The third kappa shape index (κ3) is 29.6. The van der Waals surface area contributed by atoms with Crippen LogP contribution in [0.15, 0.2) is 12.2 Å². The molecule has 0 rings (SSSR count). The predicted octanol–water partition coefficient (Wildman–Crippen LogP) is 9.96. The molecule has 0 aromatic rings. The van der Waals surface area contributed by atoms with Crippen molar-refractivity contribution in [1.29, 1.82) is 0 Å². The van der Waals surface area contributed by atoms with Crippen LogP contribution in [0.5, 0.6) is 0 Å². The number of hydrogen-bond acceptors (Lipinski definition) is 5. The molecule has 0 N–H and O–H groups in total. The smallest absolute Gasteiger partial charge is 0.306 e. The molecule has 0 amide bonds. The normalized spacial score (nSPS) is 12.3. The molecular weight excluding hydrogens is 498 g/mol. The second kappa shape index (κ2) is 30.6. The molecule has 0 bridgehead atoms. The Bertz CT molecular complexity index is 590. The van der Waals surface area contributed by atoms with Gasteiger partial charge >= 0.3 is 11.9 Å². The number of carbonyl (C=O) groups is 2. The Labute approximate surface area is 249 Å². The van der Waals surface area contributed by atoms with Crippen LogP contribution in [-0.2, 0) is 19.1 Å². The van der Waals surface area contributed by atoms with Crippen LogP contribution in [0, 0.1) is 0 Å². The summed E-state index contributed by atoms with van der Waals surface area (Å²) in [5.41, 5.74) is 0. The van der Waals surface area contributed by atoms with Crippen molar-refractivity contribution >= 4 is 11.9 Å². The molecule has 0 saturated heterocycles. The third-order valence-electron chi connectivity index (χ3n) is 7.71. The first-order valence-electron chi connectivity index (χ1n) is 17.1. The van der Waals surface area contributed by atoms with Crippen molar-refractivity contribution in [1.82, 2.24) is 4.90 Å². The second-order valence-electron chi connectivity index (χ2n) is 12.0. The average molecular weight is 566 g/mol. The van der Waals surface area contributed by atoms with Gasteiger partial charge < -0.3 is 14.4 Å². The molecular formula is C35H67NO4. The Balaban J connectivity index is 3.71. The highest BCUT2D eigenvalue weighted by atomic mass is 16.5. The maximum absolute atomic E-state index is 12.3. The standard InChI is InChI=1S/C35H67NO4/c1-5-6-7-21-24-28-33(40-35(38)31-27-32-36(2)3)29-25-22-19-17-15-13-11-9-8-10-12-14-16-18-20-23-26-30-34(37)39-4/h10,12,33H,5-9,11,13-32H2,1-4H3/b12-10-. The summed E-state index contributed by atoms with van der Waals surface area (Å²) < 4.78 is 10.6. The SMILES string of the molecule is CCCCCCCC(CCCCCCCCCC/C=C\CCCCCCCC(=O)OC)OC(=O)CCCN(C)C. The number of esters is 2.